The van der Waals surface area contributed by atoms with Crippen LogP contribution >= 0.6 is 11.6 Å². The summed E-state index contributed by atoms with van der Waals surface area (Å²) in [4.78, 5) is 0. The zero-order valence-electron chi connectivity index (χ0n) is 11.4. The van der Waals surface area contributed by atoms with Gasteiger partial charge in [0.15, 0.2) is 0 Å². The number of halogens is 1. The first-order valence-corrected chi connectivity index (χ1v) is 6.64. The topological polar surface area (TPSA) is 21.3 Å². The molecule has 0 aliphatic carbocycles. The molecule has 0 radical (unpaired) electrons. The molecule has 0 saturated heterocycles. The zero-order chi connectivity index (χ0) is 13.8. The average molecular weight is 276 g/mol. The van der Waals surface area contributed by atoms with Crippen LogP contribution in [0.15, 0.2) is 42.5 Å². The summed E-state index contributed by atoms with van der Waals surface area (Å²) in [7, 11) is 3.63. The molecule has 2 aromatic carbocycles. The molecule has 0 spiro atoms. The highest BCUT2D eigenvalue weighted by Crippen LogP contribution is 2.32. The lowest BCUT2D eigenvalue weighted by Crippen LogP contribution is -2.11. The molecule has 1 unspecified atom stereocenters. The maximum absolute atomic E-state index is 6.06. The third kappa shape index (κ3) is 3.09. The van der Waals surface area contributed by atoms with Crippen molar-refractivity contribution in [1.29, 1.82) is 0 Å². The second-order valence-corrected chi connectivity index (χ2v) is 4.91. The largest absolute Gasteiger partial charge is 0.496 e. The van der Waals surface area contributed by atoms with Crippen LogP contribution in [0.3, 0.4) is 0 Å². The lowest BCUT2D eigenvalue weighted by atomic mass is 10.0. The third-order valence-corrected chi connectivity index (χ3v) is 3.55. The number of ether oxygens (including phenoxy) is 1. The molecular formula is C16H18ClNO. The van der Waals surface area contributed by atoms with Crippen LogP contribution < -0.4 is 10.1 Å². The Morgan fingerprint density at radius 1 is 1.11 bits per heavy atom. The molecule has 100 valence electrons. The van der Waals surface area contributed by atoms with E-state index in [0.29, 0.717) is 11.1 Å². The Balaban J connectivity index is 2.39. The van der Waals surface area contributed by atoms with Gasteiger partial charge in [0, 0.05) is 16.6 Å². The van der Waals surface area contributed by atoms with E-state index in [1.165, 1.54) is 5.56 Å². The van der Waals surface area contributed by atoms with E-state index in [-0.39, 0.29) is 0 Å². The lowest BCUT2D eigenvalue weighted by Gasteiger charge is -2.13. The molecule has 0 aromatic heterocycles. The summed E-state index contributed by atoms with van der Waals surface area (Å²) in [5.41, 5.74) is 3.37. The van der Waals surface area contributed by atoms with Crippen molar-refractivity contribution in [3.63, 3.8) is 0 Å². The quantitative estimate of drug-likeness (QED) is 0.898. The second-order valence-electron chi connectivity index (χ2n) is 4.48. The van der Waals surface area contributed by atoms with E-state index in [9.17, 15) is 0 Å². The number of hydrogen-bond acceptors (Lipinski definition) is 2. The first-order valence-electron chi connectivity index (χ1n) is 6.27. The van der Waals surface area contributed by atoms with Gasteiger partial charge in [0.1, 0.15) is 5.75 Å². The Hall–Kier alpha value is -1.51. The molecule has 1 N–H and O–H groups in total. The number of methoxy groups -OCH3 is 1. The van der Waals surface area contributed by atoms with E-state index in [1.54, 1.807) is 7.11 Å². The van der Waals surface area contributed by atoms with Crippen molar-refractivity contribution in [2.45, 2.75) is 13.0 Å². The van der Waals surface area contributed by atoms with Crippen molar-refractivity contribution in [1.82, 2.24) is 5.32 Å². The van der Waals surface area contributed by atoms with Crippen LogP contribution in [0.25, 0.3) is 11.1 Å². The SMILES string of the molecule is CNC(C)c1ccc(-c2cc(Cl)ccc2OC)cc1. The van der Waals surface area contributed by atoms with E-state index < -0.39 is 0 Å². The Labute approximate surface area is 119 Å². The maximum atomic E-state index is 6.06. The van der Waals surface area contributed by atoms with E-state index in [1.807, 2.05) is 25.2 Å². The van der Waals surface area contributed by atoms with Gasteiger partial charge in [-0.1, -0.05) is 35.9 Å². The highest BCUT2D eigenvalue weighted by molar-refractivity contribution is 6.31. The first-order chi connectivity index (χ1) is 9.15. The number of rotatable bonds is 4. The fourth-order valence-electron chi connectivity index (χ4n) is 2.02. The molecule has 0 aliphatic heterocycles. The molecule has 0 heterocycles. The molecule has 3 heteroatoms. The van der Waals surface area contributed by atoms with Crippen molar-refractivity contribution >= 4 is 11.6 Å². The molecule has 19 heavy (non-hydrogen) atoms. The van der Waals surface area contributed by atoms with Crippen LogP contribution in [-0.2, 0) is 0 Å². The van der Waals surface area contributed by atoms with Gasteiger partial charge in [-0.3, -0.25) is 0 Å². The second kappa shape index (κ2) is 6.09. The monoisotopic (exact) mass is 275 g/mol. The van der Waals surface area contributed by atoms with Gasteiger partial charge in [-0.25, -0.2) is 0 Å². The molecule has 2 rings (SSSR count). The fourth-order valence-corrected chi connectivity index (χ4v) is 2.20. The minimum atomic E-state index is 0.343. The Bertz CT molecular complexity index is 551. The molecule has 1 atom stereocenters. The summed E-state index contributed by atoms with van der Waals surface area (Å²) in [6.07, 6.45) is 0. The van der Waals surface area contributed by atoms with Crippen LogP contribution in [0, 0.1) is 0 Å². The van der Waals surface area contributed by atoms with Crippen molar-refractivity contribution < 1.29 is 4.74 Å². The van der Waals surface area contributed by atoms with Crippen LogP contribution in [0.1, 0.15) is 18.5 Å². The summed E-state index contributed by atoms with van der Waals surface area (Å²) < 4.78 is 5.38. The van der Waals surface area contributed by atoms with Crippen LogP contribution in [0.2, 0.25) is 5.02 Å². The van der Waals surface area contributed by atoms with Gasteiger partial charge < -0.3 is 10.1 Å². The van der Waals surface area contributed by atoms with E-state index in [4.69, 9.17) is 16.3 Å². The molecule has 0 amide bonds. The molecule has 0 fully saturated rings. The van der Waals surface area contributed by atoms with Crippen molar-refractivity contribution in [3.05, 3.63) is 53.1 Å². The molecule has 0 saturated carbocycles. The minimum absolute atomic E-state index is 0.343. The van der Waals surface area contributed by atoms with Crippen LogP contribution in [0.4, 0.5) is 0 Å². The van der Waals surface area contributed by atoms with Crippen molar-refractivity contribution in [2.24, 2.45) is 0 Å². The van der Waals surface area contributed by atoms with E-state index in [0.717, 1.165) is 16.9 Å². The standard InChI is InChI=1S/C16H18ClNO/c1-11(18-2)12-4-6-13(7-5-12)15-10-14(17)8-9-16(15)19-3/h4-11,18H,1-3H3. The van der Waals surface area contributed by atoms with E-state index >= 15 is 0 Å². The first kappa shape index (κ1) is 13.9. The summed E-state index contributed by atoms with van der Waals surface area (Å²) >= 11 is 6.06. The fraction of sp³-hybridized carbons (Fsp3) is 0.250. The number of nitrogens with one attached hydrogen (secondary N) is 1. The van der Waals surface area contributed by atoms with Crippen molar-refractivity contribution in [2.75, 3.05) is 14.2 Å². The highest BCUT2D eigenvalue weighted by Gasteiger charge is 2.08. The number of hydrogen-bond donors (Lipinski definition) is 1. The summed E-state index contributed by atoms with van der Waals surface area (Å²) in [5, 5.41) is 3.94. The lowest BCUT2D eigenvalue weighted by molar-refractivity contribution is 0.416. The molecular weight excluding hydrogens is 258 g/mol. The Morgan fingerprint density at radius 3 is 2.37 bits per heavy atom. The van der Waals surface area contributed by atoms with Crippen LogP contribution in [-0.4, -0.2) is 14.2 Å². The minimum Gasteiger partial charge on any atom is -0.496 e. The molecule has 2 nitrogen and oxygen atoms in total. The molecule has 0 aliphatic rings. The maximum Gasteiger partial charge on any atom is 0.126 e. The van der Waals surface area contributed by atoms with Gasteiger partial charge in [0.25, 0.3) is 0 Å². The zero-order valence-corrected chi connectivity index (χ0v) is 12.2. The van der Waals surface area contributed by atoms with E-state index in [2.05, 4.69) is 36.5 Å². The smallest absolute Gasteiger partial charge is 0.126 e. The normalized spacial score (nSPS) is 12.2. The Kier molecular flexibility index (Phi) is 4.46. The predicted octanol–water partition coefficient (Wildman–Crippen LogP) is 4.30. The molecule has 2 aromatic rings. The van der Waals surface area contributed by atoms with Gasteiger partial charge in [-0.05, 0) is 43.3 Å². The van der Waals surface area contributed by atoms with Gasteiger partial charge in [-0.2, -0.15) is 0 Å². The van der Waals surface area contributed by atoms with Gasteiger partial charge in [-0.15, -0.1) is 0 Å². The average Bonchev–Trinajstić information content (AvgIpc) is 2.46. The summed E-state index contributed by atoms with van der Waals surface area (Å²) in [5.74, 6) is 0.832. The third-order valence-electron chi connectivity index (χ3n) is 3.32. The van der Waals surface area contributed by atoms with Gasteiger partial charge >= 0.3 is 0 Å². The molecule has 0 bridgehead atoms. The Morgan fingerprint density at radius 2 is 1.79 bits per heavy atom. The number of benzene rings is 2. The summed E-state index contributed by atoms with van der Waals surface area (Å²) in [6, 6.07) is 14.4. The summed E-state index contributed by atoms with van der Waals surface area (Å²) in [6.45, 7) is 2.13. The van der Waals surface area contributed by atoms with Crippen LogP contribution in [0.5, 0.6) is 5.75 Å². The van der Waals surface area contributed by atoms with Gasteiger partial charge in [0.2, 0.25) is 0 Å². The van der Waals surface area contributed by atoms with Gasteiger partial charge in [0.05, 0.1) is 7.11 Å². The predicted molar refractivity (Wildman–Crippen MR) is 80.9 cm³/mol. The van der Waals surface area contributed by atoms with Crippen molar-refractivity contribution in [3.8, 4) is 16.9 Å². The highest BCUT2D eigenvalue weighted by atomic mass is 35.5.